The van der Waals surface area contributed by atoms with Crippen molar-refractivity contribution in [2.45, 2.75) is 20.4 Å². The van der Waals surface area contributed by atoms with E-state index in [-0.39, 0.29) is 5.56 Å². The lowest BCUT2D eigenvalue weighted by molar-refractivity contribution is 0.368. The van der Waals surface area contributed by atoms with Gasteiger partial charge in [0.15, 0.2) is 0 Å². The van der Waals surface area contributed by atoms with Gasteiger partial charge in [-0.25, -0.2) is 4.98 Å². The Morgan fingerprint density at radius 2 is 2.06 bits per heavy atom. The second kappa shape index (κ2) is 5.65. The fourth-order valence-electron chi connectivity index (χ4n) is 1.93. The van der Waals surface area contributed by atoms with Crippen LogP contribution in [0.2, 0.25) is 0 Å². The molecule has 1 heterocycles. The molecule has 0 N–H and O–H groups in total. The molecule has 0 aliphatic rings. The number of rotatable bonds is 4. The number of halogens is 1. The maximum Gasteiger partial charge on any atom is 0.261 e. The summed E-state index contributed by atoms with van der Waals surface area (Å²) in [5.74, 6) is 0.966. The van der Waals surface area contributed by atoms with Gasteiger partial charge in [-0.3, -0.25) is 9.36 Å². The Labute approximate surface area is 115 Å². The van der Waals surface area contributed by atoms with Crippen LogP contribution in [0, 0.1) is 11.8 Å². The van der Waals surface area contributed by atoms with Gasteiger partial charge in [-0.2, -0.15) is 0 Å². The second-order valence-corrected chi connectivity index (χ2v) is 5.53. The predicted molar refractivity (Wildman–Crippen MR) is 78.1 cm³/mol. The zero-order valence-corrected chi connectivity index (χ0v) is 12.2. The smallest absolute Gasteiger partial charge is 0.261 e. The fraction of sp³-hybridized carbons (Fsp3) is 0.429. The third-order valence-corrected chi connectivity index (χ3v) is 4.14. The average Bonchev–Trinajstić information content (AvgIpc) is 2.38. The minimum absolute atomic E-state index is 0.0483. The van der Waals surface area contributed by atoms with E-state index in [1.807, 2.05) is 24.3 Å². The molecule has 1 atom stereocenters. The summed E-state index contributed by atoms with van der Waals surface area (Å²) in [4.78, 5) is 16.6. The molecule has 1 aromatic heterocycles. The van der Waals surface area contributed by atoms with Crippen molar-refractivity contribution in [3.63, 3.8) is 0 Å². The van der Waals surface area contributed by atoms with Gasteiger partial charge in [-0.1, -0.05) is 41.9 Å². The summed E-state index contributed by atoms with van der Waals surface area (Å²) >= 11 is 3.51. The van der Waals surface area contributed by atoms with Crippen LogP contribution in [0.3, 0.4) is 0 Å². The maximum atomic E-state index is 12.3. The van der Waals surface area contributed by atoms with E-state index in [0.29, 0.717) is 23.8 Å². The molecule has 2 aromatic rings. The Kier molecular flexibility index (Phi) is 4.17. The fourth-order valence-corrected chi connectivity index (χ4v) is 2.88. The quantitative estimate of drug-likeness (QED) is 0.814. The van der Waals surface area contributed by atoms with Gasteiger partial charge in [0.25, 0.3) is 5.56 Å². The van der Waals surface area contributed by atoms with Crippen molar-refractivity contribution in [3.05, 3.63) is 40.9 Å². The molecule has 0 radical (unpaired) electrons. The van der Waals surface area contributed by atoms with Gasteiger partial charge in [0.05, 0.1) is 17.2 Å². The number of benzene rings is 1. The van der Waals surface area contributed by atoms with Gasteiger partial charge in [-0.15, -0.1) is 0 Å². The molecular weight excluding hydrogens is 292 g/mol. The summed E-state index contributed by atoms with van der Waals surface area (Å²) in [6.45, 7) is 5.05. The zero-order chi connectivity index (χ0) is 13.1. The van der Waals surface area contributed by atoms with Crippen molar-refractivity contribution in [1.82, 2.24) is 9.55 Å². The third-order valence-electron chi connectivity index (χ3n) is 3.30. The van der Waals surface area contributed by atoms with Crippen LogP contribution in [0.1, 0.15) is 13.8 Å². The van der Waals surface area contributed by atoms with E-state index in [4.69, 9.17) is 0 Å². The molecule has 0 aliphatic heterocycles. The summed E-state index contributed by atoms with van der Waals surface area (Å²) < 4.78 is 1.72. The highest BCUT2D eigenvalue weighted by molar-refractivity contribution is 9.09. The van der Waals surface area contributed by atoms with Crippen LogP contribution < -0.4 is 5.56 Å². The highest BCUT2D eigenvalue weighted by Crippen LogP contribution is 2.15. The first-order chi connectivity index (χ1) is 8.63. The molecule has 96 valence electrons. The number of para-hydroxylation sites is 1. The molecule has 3 nitrogen and oxygen atoms in total. The lowest BCUT2D eigenvalue weighted by atomic mass is 9.98. The van der Waals surface area contributed by atoms with Crippen LogP contribution in [0.15, 0.2) is 35.4 Å². The first-order valence-electron chi connectivity index (χ1n) is 6.13. The molecule has 18 heavy (non-hydrogen) atoms. The Balaban J connectivity index is 2.40. The first kappa shape index (κ1) is 13.3. The molecule has 0 fully saturated rings. The summed E-state index contributed by atoms with van der Waals surface area (Å²) in [5, 5.41) is 1.58. The van der Waals surface area contributed by atoms with Gasteiger partial charge in [0.1, 0.15) is 0 Å². The lowest BCUT2D eigenvalue weighted by Crippen LogP contribution is -2.27. The van der Waals surface area contributed by atoms with Crippen molar-refractivity contribution in [2.75, 3.05) is 5.33 Å². The molecule has 0 spiro atoms. The van der Waals surface area contributed by atoms with Crippen LogP contribution in [0.4, 0.5) is 0 Å². The molecular formula is C14H17BrN2O. The van der Waals surface area contributed by atoms with E-state index < -0.39 is 0 Å². The van der Waals surface area contributed by atoms with Crippen molar-refractivity contribution in [1.29, 1.82) is 0 Å². The number of nitrogens with zero attached hydrogens (tertiary/aromatic N) is 2. The van der Waals surface area contributed by atoms with Crippen LogP contribution in [0.5, 0.6) is 0 Å². The van der Waals surface area contributed by atoms with Crippen molar-refractivity contribution in [2.24, 2.45) is 11.8 Å². The van der Waals surface area contributed by atoms with Crippen molar-refractivity contribution in [3.8, 4) is 0 Å². The van der Waals surface area contributed by atoms with E-state index in [2.05, 4.69) is 34.8 Å². The van der Waals surface area contributed by atoms with Gasteiger partial charge in [0.2, 0.25) is 0 Å². The third kappa shape index (κ3) is 2.64. The number of alkyl halides is 1. The summed E-state index contributed by atoms with van der Waals surface area (Å²) in [5.41, 5.74) is 0.811. The number of aromatic nitrogens is 2. The van der Waals surface area contributed by atoms with Crippen LogP contribution in [-0.2, 0) is 6.54 Å². The molecule has 2 rings (SSSR count). The minimum Gasteiger partial charge on any atom is -0.298 e. The van der Waals surface area contributed by atoms with Gasteiger partial charge >= 0.3 is 0 Å². The maximum absolute atomic E-state index is 12.3. The topological polar surface area (TPSA) is 34.9 Å². The lowest BCUT2D eigenvalue weighted by Gasteiger charge is -2.19. The van der Waals surface area contributed by atoms with E-state index in [1.54, 1.807) is 10.9 Å². The molecule has 1 unspecified atom stereocenters. The van der Waals surface area contributed by atoms with E-state index in [9.17, 15) is 4.79 Å². The Morgan fingerprint density at radius 1 is 1.33 bits per heavy atom. The molecule has 0 saturated heterocycles. The Morgan fingerprint density at radius 3 is 2.72 bits per heavy atom. The molecule has 0 aliphatic carbocycles. The molecule has 0 saturated carbocycles. The average molecular weight is 309 g/mol. The number of hydrogen-bond donors (Lipinski definition) is 0. The molecule has 4 heteroatoms. The van der Waals surface area contributed by atoms with Gasteiger partial charge in [-0.05, 0) is 24.0 Å². The first-order valence-corrected chi connectivity index (χ1v) is 7.25. The van der Waals surface area contributed by atoms with E-state index >= 15 is 0 Å². The van der Waals surface area contributed by atoms with Crippen molar-refractivity contribution >= 4 is 26.8 Å². The standard InChI is InChI=1S/C14H17BrN2O/c1-10(2)11(7-15)8-17-9-16-13-6-4-3-5-12(13)14(17)18/h3-6,9-11H,7-8H2,1-2H3. The van der Waals surface area contributed by atoms with Crippen LogP contribution >= 0.6 is 15.9 Å². The monoisotopic (exact) mass is 308 g/mol. The van der Waals surface area contributed by atoms with Crippen LogP contribution in [-0.4, -0.2) is 14.9 Å². The Hall–Kier alpha value is -1.16. The SMILES string of the molecule is CC(C)C(CBr)Cn1cnc2ccccc2c1=O. The van der Waals surface area contributed by atoms with Gasteiger partial charge in [0, 0.05) is 11.9 Å². The summed E-state index contributed by atoms with van der Waals surface area (Å²) in [6, 6.07) is 7.47. The minimum atomic E-state index is 0.0483. The van der Waals surface area contributed by atoms with Gasteiger partial charge < -0.3 is 0 Å². The predicted octanol–water partition coefficient (Wildman–Crippen LogP) is 3.06. The summed E-state index contributed by atoms with van der Waals surface area (Å²) in [6.07, 6.45) is 1.66. The zero-order valence-electron chi connectivity index (χ0n) is 10.6. The summed E-state index contributed by atoms with van der Waals surface area (Å²) in [7, 11) is 0. The number of fused-ring (bicyclic) bond motifs is 1. The number of hydrogen-bond acceptors (Lipinski definition) is 2. The van der Waals surface area contributed by atoms with Crippen LogP contribution in [0.25, 0.3) is 10.9 Å². The molecule has 0 amide bonds. The molecule has 1 aromatic carbocycles. The normalized spacial score (nSPS) is 13.1. The van der Waals surface area contributed by atoms with Crippen molar-refractivity contribution < 1.29 is 0 Å². The molecule has 0 bridgehead atoms. The van der Waals surface area contributed by atoms with E-state index in [1.165, 1.54) is 0 Å². The Bertz CT molecular complexity index is 592. The second-order valence-electron chi connectivity index (χ2n) is 4.88. The van der Waals surface area contributed by atoms with E-state index in [0.717, 1.165) is 10.8 Å². The highest BCUT2D eigenvalue weighted by Gasteiger charge is 2.14. The highest BCUT2D eigenvalue weighted by atomic mass is 79.9. The largest absolute Gasteiger partial charge is 0.298 e.